The van der Waals surface area contributed by atoms with Gasteiger partial charge in [0.25, 0.3) is 0 Å². The molecule has 4 bridgehead atoms. The molecule has 0 heterocycles. The van der Waals surface area contributed by atoms with Gasteiger partial charge in [-0.05, 0) is 67.9 Å². The maximum absolute atomic E-state index is 12.6. The van der Waals surface area contributed by atoms with Crippen LogP contribution in [0, 0.1) is 17.8 Å². The Hall–Kier alpha value is -2.48. The van der Waals surface area contributed by atoms with Gasteiger partial charge in [0.15, 0.2) is 5.84 Å². The van der Waals surface area contributed by atoms with E-state index in [0.717, 1.165) is 19.3 Å². The highest BCUT2D eigenvalue weighted by atomic mass is 35.5. The number of carboxylic acid groups (broad SMARTS) is 1. The van der Waals surface area contributed by atoms with E-state index >= 15 is 0 Å². The van der Waals surface area contributed by atoms with Crippen LogP contribution in [0.2, 0.25) is 0 Å². The Morgan fingerprint density at radius 2 is 1.80 bits per heavy atom. The highest BCUT2D eigenvalue weighted by Gasteiger charge is 2.53. The van der Waals surface area contributed by atoms with Gasteiger partial charge >= 0.3 is 12.1 Å². The minimum atomic E-state index is -1.14. The molecule has 164 valence electrons. The fraction of sp³-hybridized carbons (Fsp3) is 0.571. The summed E-state index contributed by atoms with van der Waals surface area (Å²) in [6.07, 6.45) is 5.80. The summed E-state index contributed by atoms with van der Waals surface area (Å²) in [4.78, 5) is 24.3. The predicted octanol–water partition coefficient (Wildman–Crippen LogP) is 2.89. The van der Waals surface area contributed by atoms with E-state index in [2.05, 4.69) is 10.5 Å². The number of nitrogens with two attached hydrogens (primary N) is 1. The summed E-state index contributed by atoms with van der Waals surface area (Å²) in [5, 5.41) is 23.9. The van der Waals surface area contributed by atoms with E-state index in [9.17, 15) is 14.7 Å². The molecule has 1 atom stereocenters. The number of carboxylic acids is 1. The Balaban J connectivity index is 0.00000256. The minimum Gasteiger partial charge on any atom is -0.480 e. The second-order valence-electron chi connectivity index (χ2n) is 8.91. The first-order chi connectivity index (χ1) is 13.9. The van der Waals surface area contributed by atoms with Gasteiger partial charge in [-0.3, -0.25) is 0 Å². The summed E-state index contributed by atoms with van der Waals surface area (Å²) in [7, 11) is 0. The summed E-state index contributed by atoms with van der Waals surface area (Å²) in [5.74, 6) is 0.691. The van der Waals surface area contributed by atoms with Gasteiger partial charge in [0.1, 0.15) is 11.6 Å². The number of ether oxygens (including phenoxy) is 1. The van der Waals surface area contributed by atoms with Gasteiger partial charge in [-0.25, -0.2) is 9.59 Å². The first-order valence-corrected chi connectivity index (χ1v) is 10.1. The minimum absolute atomic E-state index is 0. The SMILES string of the molecule is Cl.NC(=NO)c1cccc(CC(NC(=O)OC23CC4CC(CC(C4)C2)C3)C(=O)O)c1. The number of amidine groups is 1. The molecule has 8 nitrogen and oxygen atoms in total. The van der Waals surface area contributed by atoms with Crippen LogP contribution in [0.3, 0.4) is 0 Å². The molecule has 4 aliphatic rings. The number of alkyl carbamates (subject to hydrolysis) is 1. The van der Waals surface area contributed by atoms with Crippen LogP contribution < -0.4 is 11.1 Å². The molecule has 9 heteroatoms. The van der Waals surface area contributed by atoms with Gasteiger partial charge in [-0.15, -0.1) is 12.4 Å². The van der Waals surface area contributed by atoms with Gasteiger partial charge in [-0.1, -0.05) is 23.4 Å². The van der Waals surface area contributed by atoms with Gasteiger partial charge in [0.05, 0.1) is 0 Å². The van der Waals surface area contributed by atoms with E-state index in [1.807, 2.05) is 0 Å². The maximum atomic E-state index is 12.6. The van der Waals surface area contributed by atoms with Crippen molar-refractivity contribution in [3.63, 3.8) is 0 Å². The predicted molar refractivity (Wildman–Crippen MR) is 112 cm³/mol. The zero-order chi connectivity index (χ0) is 20.6. The van der Waals surface area contributed by atoms with Gasteiger partial charge in [-0.2, -0.15) is 0 Å². The summed E-state index contributed by atoms with van der Waals surface area (Å²) in [6, 6.07) is 5.59. The van der Waals surface area contributed by atoms with E-state index in [0.29, 0.717) is 28.9 Å². The van der Waals surface area contributed by atoms with Gasteiger partial charge in [0.2, 0.25) is 0 Å². The molecule has 1 aromatic carbocycles. The largest absolute Gasteiger partial charge is 0.480 e. The first kappa shape index (κ1) is 22.2. The Labute approximate surface area is 181 Å². The lowest BCUT2D eigenvalue weighted by atomic mass is 9.54. The number of amides is 1. The number of hydrogen-bond acceptors (Lipinski definition) is 5. The summed E-state index contributed by atoms with van der Waals surface area (Å²) < 4.78 is 5.86. The molecule has 4 saturated carbocycles. The summed E-state index contributed by atoms with van der Waals surface area (Å²) in [5.41, 5.74) is 6.30. The molecule has 5 rings (SSSR count). The van der Waals surface area contributed by atoms with E-state index in [-0.39, 0.29) is 24.7 Å². The standard InChI is InChI=1S/C21H27N3O5.ClH/c22-18(24-28)16-3-1-2-12(7-16)8-17(19(25)26)23-20(27)29-21-9-13-4-14(10-21)6-15(5-13)11-21;/h1-3,7,13-15,17,28H,4-6,8-11H2,(H2,22,24)(H,23,27)(H,25,26);1H. The molecule has 0 saturated heterocycles. The van der Waals surface area contributed by atoms with Crippen molar-refractivity contribution < 1.29 is 24.6 Å². The molecule has 4 aliphatic carbocycles. The molecule has 0 spiro atoms. The highest BCUT2D eigenvalue weighted by Crippen LogP contribution is 2.57. The Morgan fingerprint density at radius 1 is 1.20 bits per heavy atom. The fourth-order valence-electron chi connectivity index (χ4n) is 5.88. The second-order valence-corrected chi connectivity index (χ2v) is 8.91. The van der Waals surface area contributed by atoms with Crippen LogP contribution >= 0.6 is 12.4 Å². The number of oxime groups is 1. The molecule has 0 aliphatic heterocycles. The first-order valence-electron chi connectivity index (χ1n) is 10.1. The van der Waals surface area contributed by atoms with Crippen molar-refractivity contribution in [2.45, 2.75) is 56.6 Å². The van der Waals surface area contributed by atoms with Crippen LogP contribution in [-0.4, -0.2) is 39.9 Å². The lowest BCUT2D eigenvalue weighted by Gasteiger charge is -2.55. The molecule has 5 N–H and O–H groups in total. The third kappa shape index (κ3) is 4.64. The quantitative estimate of drug-likeness (QED) is 0.234. The normalized spacial score (nSPS) is 30.3. The number of carbonyl (C=O) groups excluding carboxylic acids is 1. The average Bonchev–Trinajstić information content (AvgIpc) is 2.65. The van der Waals surface area contributed by atoms with Crippen LogP contribution in [-0.2, 0) is 16.0 Å². The van der Waals surface area contributed by atoms with Crippen LogP contribution in [0.5, 0.6) is 0 Å². The number of nitrogens with zero attached hydrogens (tertiary/aromatic N) is 1. The number of hydrogen-bond donors (Lipinski definition) is 4. The van der Waals surface area contributed by atoms with Crippen molar-refractivity contribution in [3.8, 4) is 0 Å². The molecule has 4 fully saturated rings. The average molecular weight is 438 g/mol. The zero-order valence-electron chi connectivity index (χ0n) is 16.6. The fourth-order valence-corrected chi connectivity index (χ4v) is 5.88. The number of benzene rings is 1. The highest BCUT2D eigenvalue weighted by molar-refractivity contribution is 5.97. The molecule has 1 unspecified atom stereocenters. The number of rotatable bonds is 6. The lowest BCUT2D eigenvalue weighted by Crippen LogP contribution is -2.55. The summed E-state index contributed by atoms with van der Waals surface area (Å²) >= 11 is 0. The molecule has 30 heavy (non-hydrogen) atoms. The number of aliphatic carboxylic acids is 1. The third-order valence-electron chi connectivity index (χ3n) is 6.65. The van der Waals surface area contributed by atoms with E-state index in [1.165, 1.54) is 19.3 Å². The molecular weight excluding hydrogens is 410 g/mol. The monoisotopic (exact) mass is 437 g/mol. The van der Waals surface area contributed by atoms with Crippen LogP contribution in [0.4, 0.5) is 4.79 Å². The molecule has 1 aromatic rings. The molecule has 0 radical (unpaired) electrons. The number of nitrogens with one attached hydrogen (secondary N) is 1. The van der Waals surface area contributed by atoms with Gasteiger partial charge in [0, 0.05) is 12.0 Å². The van der Waals surface area contributed by atoms with E-state index in [4.69, 9.17) is 15.7 Å². The van der Waals surface area contributed by atoms with Crippen molar-refractivity contribution in [2.75, 3.05) is 0 Å². The Bertz CT molecular complexity index is 808. The van der Waals surface area contributed by atoms with Crippen LogP contribution in [0.25, 0.3) is 0 Å². The lowest BCUT2D eigenvalue weighted by molar-refractivity contribution is -0.141. The Kier molecular flexibility index (Phi) is 6.45. The molecule has 0 aromatic heterocycles. The van der Waals surface area contributed by atoms with Crippen molar-refractivity contribution in [1.29, 1.82) is 0 Å². The van der Waals surface area contributed by atoms with Crippen LogP contribution in [0.15, 0.2) is 29.4 Å². The topological polar surface area (TPSA) is 134 Å². The van der Waals surface area contributed by atoms with Gasteiger partial charge < -0.3 is 26.1 Å². The number of carbonyl (C=O) groups is 2. The zero-order valence-corrected chi connectivity index (χ0v) is 17.4. The third-order valence-corrected chi connectivity index (χ3v) is 6.65. The number of halogens is 1. The van der Waals surface area contributed by atoms with Crippen LogP contribution in [0.1, 0.15) is 49.7 Å². The van der Waals surface area contributed by atoms with Crippen molar-refractivity contribution >= 4 is 30.3 Å². The summed E-state index contributed by atoms with van der Waals surface area (Å²) in [6.45, 7) is 0. The second kappa shape index (κ2) is 8.71. The molecular formula is C21H28ClN3O5. The smallest absolute Gasteiger partial charge is 0.408 e. The van der Waals surface area contributed by atoms with Crippen molar-refractivity contribution in [1.82, 2.24) is 5.32 Å². The van der Waals surface area contributed by atoms with Crippen molar-refractivity contribution in [3.05, 3.63) is 35.4 Å². The molecule has 1 amide bonds. The Morgan fingerprint density at radius 3 is 2.33 bits per heavy atom. The maximum Gasteiger partial charge on any atom is 0.408 e. The van der Waals surface area contributed by atoms with E-state index < -0.39 is 23.7 Å². The van der Waals surface area contributed by atoms with Crippen molar-refractivity contribution in [2.24, 2.45) is 28.6 Å². The van der Waals surface area contributed by atoms with E-state index in [1.54, 1.807) is 24.3 Å².